The van der Waals surface area contributed by atoms with Crippen molar-refractivity contribution in [3.8, 4) is 5.75 Å². The number of rotatable bonds is 4. The molecular formula is C18H18F3N3O2. The van der Waals surface area contributed by atoms with Gasteiger partial charge in [0.2, 0.25) is 0 Å². The summed E-state index contributed by atoms with van der Waals surface area (Å²) < 4.78 is 43.6. The predicted octanol–water partition coefficient (Wildman–Crippen LogP) is 2.65. The van der Waals surface area contributed by atoms with E-state index in [1.54, 1.807) is 23.4 Å². The highest BCUT2D eigenvalue weighted by molar-refractivity contribution is 5.78. The third-order valence-electron chi connectivity index (χ3n) is 4.16. The molecule has 1 aliphatic heterocycles. The number of pyridine rings is 1. The second-order valence-electron chi connectivity index (χ2n) is 5.91. The van der Waals surface area contributed by atoms with E-state index in [0.717, 1.165) is 17.7 Å². The number of hydrogen-bond acceptors (Lipinski definition) is 4. The van der Waals surface area contributed by atoms with E-state index in [1.807, 2.05) is 6.07 Å². The summed E-state index contributed by atoms with van der Waals surface area (Å²) in [7, 11) is 0. The zero-order chi connectivity index (χ0) is 18.6. The van der Waals surface area contributed by atoms with Crippen LogP contribution in [-0.2, 0) is 11.0 Å². The van der Waals surface area contributed by atoms with Crippen LogP contribution in [0.1, 0.15) is 17.2 Å². The molecule has 1 aliphatic rings. The Morgan fingerprint density at radius 2 is 2.15 bits per heavy atom. The smallest absolute Gasteiger partial charge is 0.416 e. The van der Waals surface area contributed by atoms with Crippen molar-refractivity contribution in [1.29, 1.82) is 0 Å². The Labute approximate surface area is 148 Å². The zero-order valence-electron chi connectivity index (χ0n) is 13.9. The second kappa shape index (κ2) is 7.74. The highest BCUT2D eigenvalue weighted by atomic mass is 19.4. The monoisotopic (exact) mass is 365 g/mol. The van der Waals surface area contributed by atoms with Gasteiger partial charge in [-0.25, -0.2) is 0 Å². The summed E-state index contributed by atoms with van der Waals surface area (Å²) in [4.78, 5) is 18.3. The standard InChI is InChI=1S/C18H18F3N3O2/c19-18(20,21)14-4-1-5-15(9-14)26-12-17(25)24-8-7-23-11-16(24)13-3-2-6-22-10-13/h1-6,9-10,16,23H,7-8,11-12H2. The van der Waals surface area contributed by atoms with Crippen LogP contribution in [0.3, 0.4) is 0 Å². The molecule has 1 aromatic carbocycles. The molecule has 8 heteroatoms. The average Bonchev–Trinajstić information content (AvgIpc) is 2.66. The van der Waals surface area contributed by atoms with Crippen molar-refractivity contribution in [2.24, 2.45) is 0 Å². The summed E-state index contributed by atoms with van der Waals surface area (Å²) in [6.07, 6.45) is -1.10. The van der Waals surface area contributed by atoms with Gasteiger partial charge < -0.3 is 15.0 Å². The van der Waals surface area contributed by atoms with Crippen molar-refractivity contribution < 1.29 is 22.7 Å². The first kappa shape index (κ1) is 18.2. The summed E-state index contributed by atoms with van der Waals surface area (Å²) in [5.41, 5.74) is 0.0879. The molecule has 26 heavy (non-hydrogen) atoms. The number of nitrogens with zero attached hydrogens (tertiary/aromatic N) is 2. The summed E-state index contributed by atoms with van der Waals surface area (Å²) in [5.74, 6) is -0.265. The number of nitrogens with one attached hydrogen (secondary N) is 1. The van der Waals surface area contributed by atoms with E-state index in [0.29, 0.717) is 19.6 Å². The molecule has 1 atom stereocenters. The van der Waals surface area contributed by atoms with Gasteiger partial charge in [0.05, 0.1) is 11.6 Å². The van der Waals surface area contributed by atoms with Crippen LogP contribution >= 0.6 is 0 Å². The molecule has 1 saturated heterocycles. The van der Waals surface area contributed by atoms with E-state index in [4.69, 9.17) is 4.74 Å². The molecule has 0 spiro atoms. The SMILES string of the molecule is O=C(COc1cccc(C(F)(F)F)c1)N1CCNCC1c1cccnc1. The number of carbonyl (C=O) groups is 1. The fourth-order valence-electron chi connectivity index (χ4n) is 2.86. The van der Waals surface area contributed by atoms with Crippen molar-refractivity contribution in [2.45, 2.75) is 12.2 Å². The molecule has 1 N–H and O–H groups in total. The molecule has 0 saturated carbocycles. The molecule has 3 rings (SSSR count). The number of piperazine rings is 1. The van der Waals surface area contributed by atoms with Crippen LogP contribution in [0.25, 0.3) is 0 Å². The van der Waals surface area contributed by atoms with Crippen LogP contribution in [0.4, 0.5) is 13.2 Å². The molecule has 5 nitrogen and oxygen atoms in total. The number of hydrogen-bond donors (Lipinski definition) is 1. The van der Waals surface area contributed by atoms with Gasteiger partial charge in [-0.05, 0) is 29.8 Å². The van der Waals surface area contributed by atoms with Gasteiger partial charge in [-0.15, -0.1) is 0 Å². The second-order valence-corrected chi connectivity index (χ2v) is 5.91. The number of carbonyl (C=O) groups excluding carboxylic acids is 1. The number of amides is 1. The molecule has 2 aromatic rings. The molecule has 0 radical (unpaired) electrons. The number of halogens is 3. The minimum Gasteiger partial charge on any atom is -0.484 e. The van der Waals surface area contributed by atoms with E-state index in [2.05, 4.69) is 10.3 Å². The zero-order valence-corrected chi connectivity index (χ0v) is 13.9. The van der Waals surface area contributed by atoms with E-state index >= 15 is 0 Å². The summed E-state index contributed by atoms with van der Waals surface area (Å²) in [5, 5.41) is 3.23. The van der Waals surface area contributed by atoms with Gasteiger partial charge >= 0.3 is 6.18 Å². The quantitative estimate of drug-likeness (QED) is 0.905. The van der Waals surface area contributed by atoms with E-state index in [9.17, 15) is 18.0 Å². The summed E-state index contributed by atoms with van der Waals surface area (Å²) in [6.45, 7) is 1.40. The van der Waals surface area contributed by atoms with Gasteiger partial charge in [0, 0.05) is 32.0 Å². The lowest BCUT2D eigenvalue weighted by Gasteiger charge is -2.36. The maximum atomic E-state index is 12.8. The number of aromatic nitrogens is 1. The first-order valence-electron chi connectivity index (χ1n) is 8.15. The Hall–Kier alpha value is -2.61. The Balaban J connectivity index is 1.67. The van der Waals surface area contributed by atoms with Crippen molar-refractivity contribution in [3.05, 3.63) is 59.9 Å². The number of alkyl halides is 3. The largest absolute Gasteiger partial charge is 0.484 e. The van der Waals surface area contributed by atoms with E-state index in [1.165, 1.54) is 12.1 Å². The van der Waals surface area contributed by atoms with Gasteiger partial charge in [0.15, 0.2) is 6.61 Å². The Kier molecular flexibility index (Phi) is 5.41. The Morgan fingerprint density at radius 3 is 2.88 bits per heavy atom. The van der Waals surface area contributed by atoms with Crippen LogP contribution in [0.15, 0.2) is 48.8 Å². The lowest BCUT2D eigenvalue weighted by molar-refractivity contribution is -0.137. The lowest BCUT2D eigenvalue weighted by Crippen LogP contribution is -2.50. The molecule has 0 bridgehead atoms. The molecule has 1 amide bonds. The molecule has 2 heterocycles. The number of ether oxygens (including phenoxy) is 1. The third-order valence-corrected chi connectivity index (χ3v) is 4.16. The fourth-order valence-corrected chi connectivity index (χ4v) is 2.86. The topological polar surface area (TPSA) is 54.5 Å². The predicted molar refractivity (Wildman–Crippen MR) is 88.5 cm³/mol. The summed E-state index contributed by atoms with van der Waals surface area (Å²) >= 11 is 0. The van der Waals surface area contributed by atoms with Gasteiger partial charge in [0.1, 0.15) is 5.75 Å². The highest BCUT2D eigenvalue weighted by Gasteiger charge is 2.31. The Bertz CT molecular complexity index is 753. The normalized spacial score (nSPS) is 17.8. The van der Waals surface area contributed by atoms with Crippen molar-refractivity contribution in [2.75, 3.05) is 26.2 Å². The lowest BCUT2D eigenvalue weighted by atomic mass is 10.1. The molecule has 1 unspecified atom stereocenters. The van der Waals surface area contributed by atoms with Gasteiger partial charge in [0.25, 0.3) is 5.91 Å². The van der Waals surface area contributed by atoms with Crippen LogP contribution in [-0.4, -0.2) is 42.0 Å². The van der Waals surface area contributed by atoms with Crippen molar-refractivity contribution in [1.82, 2.24) is 15.2 Å². The fraction of sp³-hybridized carbons (Fsp3) is 0.333. The van der Waals surface area contributed by atoms with Crippen molar-refractivity contribution in [3.63, 3.8) is 0 Å². The maximum absolute atomic E-state index is 12.8. The minimum atomic E-state index is -4.45. The minimum absolute atomic E-state index is 0.0150. The van der Waals surface area contributed by atoms with E-state index in [-0.39, 0.29) is 24.3 Å². The molecule has 0 aliphatic carbocycles. The first-order valence-corrected chi connectivity index (χ1v) is 8.15. The van der Waals surface area contributed by atoms with Crippen LogP contribution in [0.2, 0.25) is 0 Å². The van der Waals surface area contributed by atoms with Crippen LogP contribution in [0, 0.1) is 0 Å². The first-order chi connectivity index (χ1) is 12.4. The van der Waals surface area contributed by atoms with Crippen molar-refractivity contribution >= 4 is 5.91 Å². The third kappa shape index (κ3) is 4.32. The van der Waals surface area contributed by atoms with Crippen LogP contribution in [0.5, 0.6) is 5.75 Å². The molecule has 138 valence electrons. The highest BCUT2D eigenvalue weighted by Crippen LogP contribution is 2.31. The van der Waals surface area contributed by atoms with Gasteiger partial charge in [-0.2, -0.15) is 13.2 Å². The molecule has 1 aromatic heterocycles. The van der Waals surface area contributed by atoms with Gasteiger partial charge in [-0.3, -0.25) is 9.78 Å². The Morgan fingerprint density at radius 1 is 1.31 bits per heavy atom. The average molecular weight is 365 g/mol. The summed E-state index contributed by atoms with van der Waals surface area (Å²) in [6, 6.07) is 8.01. The van der Waals surface area contributed by atoms with Crippen LogP contribution < -0.4 is 10.1 Å². The number of benzene rings is 1. The van der Waals surface area contributed by atoms with E-state index < -0.39 is 11.7 Å². The molecular weight excluding hydrogens is 347 g/mol. The van der Waals surface area contributed by atoms with Gasteiger partial charge in [-0.1, -0.05) is 12.1 Å². The molecule has 1 fully saturated rings. The maximum Gasteiger partial charge on any atom is 0.416 e.